The van der Waals surface area contributed by atoms with Crippen LogP contribution >= 0.6 is 0 Å². The van der Waals surface area contributed by atoms with Crippen LogP contribution in [0.1, 0.15) is 34.1 Å². The van der Waals surface area contributed by atoms with E-state index >= 15 is 0 Å². The first-order chi connectivity index (χ1) is 24.8. The highest BCUT2D eigenvalue weighted by atomic mass is 19.4. The van der Waals surface area contributed by atoms with Gasteiger partial charge in [-0.15, -0.1) is 30.7 Å². The van der Waals surface area contributed by atoms with Gasteiger partial charge in [0.15, 0.2) is 13.2 Å². The minimum Gasteiger partial charge on any atom is -0.497 e. The average molecular weight is 815 g/mol. The highest BCUT2D eigenvalue weighted by Gasteiger charge is 2.57. The molecule has 1 heterocycles. The van der Waals surface area contributed by atoms with Gasteiger partial charge in [0.1, 0.15) is 22.8 Å². The Morgan fingerprint density at radius 2 is 1.31 bits per heavy atom. The van der Waals surface area contributed by atoms with Gasteiger partial charge in [-0.25, -0.2) is 19.0 Å². The first-order valence-electron chi connectivity index (χ1n) is 15.3. The Bertz CT molecular complexity index is 1870. The number of halogens is 11. The highest BCUT2D eigenvalue weighted by molar-refractivity contribution is 5.84. The fourth-order valence-corrected chi connectivity index (χ4v) is 4.62. The van der Waals surface area contributed by atoms with Crippen LogP contribution in [0.25, 0.3) is 22.1 Å². The molecule has 1 aromatic heterocycles. The van der Waals surface area contributed by atoms with Gasteiger partial charge in [-0.1, -0.05) is 0 Å². The molecule has 0 radical (unpaired) electrons. The zero-order valence-corrected chi connectivity index (χ0v) is 29.1. The molecule has 3 rings (SSSR count). The summed E-state index contributed by atoms with van der Waals surface area (Å²) in [4.78, 5) is 25.1. The van der Waals surface area contributed by atoms with Gasteiger partial charge in [-0.2, -0.15) is 17.6 Å². The van der Waals surface area contributed by atoms with Crippen molar-refractivity contribution in [3.05, 3.63) is 52.9 Å². The Labute approximate surface area is 303 Å². The maximum absolute atomic E-state index is 14.3. The van der Waals surface area contributed by atoms with Crippen LogP contribution in [0.2, 0.25) is 0 Å². The quantitative estimate of drug-likeness (QED) is 0.0580. The molecule has 0 amide bonds. The van der Waals surface area contributed by atoms with E-state index in [9.17, 15) is 57.9 Å². The van der Waals surface area contributed by atoms with Crippen molar-refractivity contribution in [2.24, 2.45) is 17.4 Å². The molecule has 0 saturated carbocycles. The molecule has 0 aliphatic rings. The molecule has 0 bridgehead atoms. The van der Waals surface area contributed by atoms with Crippen LogP contribution in [0.15, 0.2) is 51.7 Å². The Morgan fingerprint density at radius 3 is 1.84 bits per heavy atom. The van der Waals surface area contributed by atoms with E-state index in [1.165, 1.54) is 33.8 Å². The largest absolute Gasteiger partial charge is 0.573 e. The molecule has 4 N–H and O–H groups in total. The molecule has 55 heavy (non-hydrogen) atoms. The van der Waals surface area contributed by atoms with Crippen LogP contribution < -0.4 is 31.3 Å². The number of fused-ring (bicyclic) bond motifs is 1. The molecule has 0 aliphatic carbocycles. The van der Waals surface area contributed by atoms with Crippen molar-refractivity contribution >= 4 is 16.9 Å². The lowest BCUT2D eigenvalue weighted by molar-refractivity contribution is -0.574. The number of esters is 1. The molecule has 0 fully saturated rings. The Hall–Kier alpha value is -4.45. The van der Waals surface area contributed by atoms with Gasteiger partial charge in [-0.3, -0.25) is 4.79 Å². The molecule has 12 nitrogen and oxygen atoms in total. The number of ether oxygens (including phenoxy) is 7. The number of hydrogen-bond acceptors (Lipinski definition) is 12. The number of methoxy groups -OCH3 is 1. The Morgan fingerprint density at radius 1 is 0.745 bits per heavy atom. The standard InChI is InChI=1S/C32H33F11N2O10/c1-26(2,44)13-21(27(3,4)45)25(47)50-15-29(35,36)54-32(42,43)55-31(40,41)53-28(33,34)14-49-18-7-6-16-10-20(24(46)51-22(16)12-18)19-9-8-17(48-5)11-23(19)52-30(37,38)39/h6-12,21H,13-15,44-45H2,1-5H3. The molecule has 0 aliphatic heterocycles. The molecule has 308 valence electrons. The third-order valence-electron chi connectivity index (χ3n) is 6.89. The first-order valence-corrected chi connectivity index (χ1v) is 15.3. The van der Waals surface area contributed by atoms with Crippen LogP contribution in [0, 0.1) is 5.92 Å². The Balaban J connectivity index is 1.67. The van der Waals surface area contributed by atoms with Gasteiger partial charge >= 0.3 is 42.8 Å². The van der Waals surface area contributed by atoms with Crippen LogP contribution in [0.3, 0.4) is 0 Å². The van der Waals surface area contributed by atoms with E-state index in [2.05, 4.69) is 28.4 Å². The summed E-state index contributed by atoms with van der Waals surface area (Å²) in [5.41, 5.74) is 6.68. The molecule has 2 aromatic carbocycles. The molecular weight excluding hydrogens is 781 g/mol. The molecular formula is C32H33F11N2O10. The van der Waals surface area contributed by atoms with Crippen molar-refractivity contribution in [1.29, 1.82) is 0 Å². The number of carbonyl (C=O) groups excluding carboxylic acids is 1. The van der Waals surface area contributed by atoms with E-state index in [0.29, 0.717) is 0 Å². The topological polar surface area (TPSA) is 164 Å². The van der Waals surface area contributed by atoms with Crippen molar-refractivity contribution in [3.63, 3.8) is 0 Å². The molecule has 3 aromatic rings. The van der Waals surface area contributed by atoms with Gasteiger partial charge in [0.2, 0.25) is 0 Å². The second-order valence-corrected chi connectivity index (χ2v) is 13.0. The lowest BCUT2D eigenvalue weighted by Crippen LogP contribution is -2.51. The molecule has 0 spiro atoms. The zero-order chi connectivity index (χ0) is 42.0. The lowest BCUT2D eigenvalue weighted by Gasteiger charge is -2.34. The minimum absolute atomic E-state index is 0.0185. The van der Waals surface area contributed by atoms with E-state index in [1.807, 2.05) is 0 Å². The number of hydrogen-bond donors (Lipinski definition) is 2. The monoisotopic (exact) mass is 814 g/mol. The third-order valence-corrected chi connectivity index (χ3v) is 6.89. The van der Waals surface area contributed by atoms with Gasteiger partial charge in [0, 0.05) is 34.2 Å². The minimum atomic E-state index is -6.04. The summed E-state index contributed by atoms with van der Waals surface area (Å²) < 4.78 is 183. The maximum atomic E-state index is 14.3. The normalized spacial score (nSPS) is 14.1. The van der Waals surface area contributed by atoms with Crippen LogP contribution in [-0.2, 0) is 23.7 Å². The summed E-state index contributed by atoms with van der Waals surface area (Å²) in [5, 5.41) is -0.0185. The molecule has 23 heteroatoms. The maximum Gasteiger partial charge on any atom is 0.573 e. The van der Waals surface area contributed by atoms with Crippen molar-refractivity contribution in [1.82, 2.24) is 0 Å². The number of benzene rings is 2. The average Bonchev–Trinajstić information content (AvgIpc) is 2.98. The van der Waals surface area contributed by atoms with Crippen molar-refractivity contribution in [2.45, 2.75) is 76.4 Å². The van der Waals surface area contributed by atoms with Crippen molar-refractivity contribution < 1.29 is 90.7 Å². The summed E-state index contributed by atoms with van der Waals surface area (Å²) in [5.74, 6) is -4.32. The van der Waals surface area contributed by atoms with Gasteiger partial charge in [-0.05, 0) is 64.4 Å². The van der Waals surface area contributed by atoms with E-state index in [0.717, 1.165) is 43.5 Å². The summed E-state index contributed by atoms with van der Waals surface area (Å²) in [6, 6.07) is 6.89. The second-order valence-electron chi connectivity index (χ2n) is 13.0. The smallest absolute Gasteiger partial charge is 0.497 e. The number of nitrogens with two attached hydrogens (primary N) is 2. The molecule has 1 atom stereocenters. The fourth-order valence-electron chi connectivity index (χ4n) is 4.62. The highest BCUT2D eigenvalue weighted by Crippen LogP contribution is 2.39. The predicted molar refractivity (Wildman–Crippen MR) is 165 cm³/mol. The summed E-state index contributed by atoms with van der Waals surface area (Å²) >= 11 is 0. The molecule has 0 saturated heterocycles. The van der Waals surface area contributed by atoms with Crippen molar-refractivity contribution in [2.75, 3.05) is 20.3 Å². The lowest BCUT2D eigenvalue weighted by atomic mass is 9.80. The SMILES string of the molecule is COc1ccc(-c2cc3ccc(OCC(F)(F)OC(F)(F)OC(F)(F)OC(F)(F)COC(=O)C(CC(C)(C)N)C(C)(C)N)cc3oc2=O)c(OC(F)(F)F)c1. The third kappa shape index (κ3) is 14.0. The number of rotatable bonds is 18. The zero-order valence-electron chi connectivity index (χ0n) is 29.1. The van der Waals surface area contributed by atoms with Crippen LogP contribution in [0.4, 0.5) is 48.3 Å². The first kappa shape index (κ1) is 44.9. The molecule has 1 unspecified atom stereocenters. The van der Waals surface area contributed by atoms with Gasteiger partial charge < -0.3 is 34.8 Å². The summed E-state index contributed by atoms with van der Waals surface area (Å²) in [7, 11) is 1.16. The van der Waals surface area contributed by atoms with E-state index in [-0.39, 0.29) is 23.1 Å². The van der Waals surface area contributed by atoms with Crippen molar-refractivity contribution in [3.8, 4) is 28.4 Å². The predicted octanol–water partition coefficient (Wildman–Crippen LogP) is 7.11. The summed E-state index contributed by atoms with van der Waals surface area (Å²) in [6.45, 7) is 1.09. The van der Waals surface area contributed by atoms with E-state index in [4.69, 9.17) is 20.6 Å². The van der Waals surface area contributed by atoms with E-state index in [1.54, 1.807) is 0 Å². The van der Waals surface area contributed by atoms with Gasteiger partial charge in [0.25, 0.3) is 0 Å². The number of alkyl halides is 11. The summed E-state index contributed by atoms with van der Waals surface area (Å²) in [6.07, 6.45) is -27.9. The van der Waals surface area contributed by atoms with Gasteiger partial charge in [0.05, 0.1) is 18.6 Å². The second kappa shape index (κ2) is 16.0. The van der Waals surface area contributed by atoms with Crippen LogP contribution in [-0.4, -0.2) is 68.5 Å². The Kier molecular flexibility index (Phi) is 13.0. The van der Waals surface area contributed by atoms with Crippen LogP contribution in [0.5, 0.6) is 17.2 Å². The van der Waals surface area contributed by atoms with E-state index < -0.39 is 95.6 Å². The number of carbonyl (C=O) groups is 1. The fraction of sp³-hybridized carbons (Fsp3) is 0.500.